The van der Waals surface area contributed by atoms with Crippen molar-refractivity contribution in [3.05, 3.63) is 60.8 Å². The van der Waals surface area contributed by atoms with Gasteiger partial charge in [-0.05, 0) is 83.5 Å². The molecule has 0 aromatic carbocycles. The second-order valence-corrected chi connectivity index (χ2v) is 17.5. The van der Waals surface area contributed by atoms with E-state index >= 15 is 0 Å². The monoisotopic (exact) mass is 854 g/mol. The summed E-state index contributed by atoms with van der Waals surface area (Å²) in [6.07, 6.45) is 63.7. The topological polar surface area (TPSA) is 95.9 Å². The molecule has 6 nitrogen and oxygen atoms in total. The molecular formula is C55H99NO5. The van der Waals surface area contributed by atoms with Gasteiger partial charge in [-0.3, -0.25) is 9.59 Å². The summed E-state index contributed by atoms with van der Waals surface area (Å²) < 4.78 is 5.44. The molecule has 2 unspecified atom stereocenters. The van der Waals surface area contributed by atoms with Crippen LogP contribution in [0.25, 0.3) is 0 Å². The number of rotatable bonds is 47. The molecule has 2 atom stereocenters. The zero-order valence-electron chi connectivity index (χ0n) is 40.1. The minimum absolute atomic E-state index is 0.0335. The van der Waals surface area contributed by atoms with Gasteiger partial charge in [0.15, 0.2) is 0 Å². The van der Waals surface area contributed by atoms with Gasteiger partial charge in [-0.1, -0.05) is 216 Å². The highest BCUT2D eigenvalue weighted by molar-refractivity contribution is 5.76. The molecular weight excluding hydrogens is 755 g/mol. The lowest BCUT2D eigenvalue weighted by Crippen LogP contribution is -2.45. The molecule has 0 aliphatic carbocycles. The smallest absolute Gasteiger partial charge is 0.305 e. The molecule has 0 aromatic rings. The minimum atomic E-state index is -0.881. The molecule has 0 heterocycles. The van der Waals surface area contributed by atoms with Crippen molar-refractivity contribution in [2.75, 3.05) is 13.2 Å². The Morgan fingerprint density at radius 3 is 1.31 bits per heavy atom. The third-order valence-electron chi connectivity index (χ3n) is 11.5. The molecule has 0 aliphatic heterocycles. The summed E-state index contributed by atoms with van der Waals surface area (Å²) in [7, 11) is 0. The van der Waals surface area contributed by atoms with Gasteiger partial charge in [-0.15, -0.1) is 0 Å². The summed E-state index contributed by atoms with van der Waals surface area (Å²) >= 11 is 0. The van der Waals surface area contributed by atoms with E-state index in [-0.39, 0.29) is 18.5 Å². The lowest BCUT2D eigenvalue weighted by atomic mass is 10.0. The Balaban J connectivity index is 3.61. The summed E-state index contributed by atoms with van der Waals surface area (Å²) in [5.41, 5.74) is 0. The molecule has 0 bridgehead atoms. The molecule has 0 radical (unpaired) electrons. The van der Waals surface area contributed by atoms with Gasteiger partial charge in [0, 0.05) is 12.8 Å². The average Bonchev–Trinajstić information content (AvgIpc) is 3.26. The predicted octanol–water partition coefficient (Wildman–Crippen LogP) is 15.6. The Hall–Kier alpha value is -2.44. The molecule has 0 rings (SSSR count). The van der Waals surface area contributed by atoms with Crippen LogP contribution in [0.2, 0.25) is 0 Å². The van der Waals surface area contributed by atoms with Crippen LogP contribution in [-0.4, -0.2) is 47.4 Å². The first-order valence-electron chi connectivity index (χ1n) is 26.1. The SMILES string of the molecule is CCCCC/C=C\C/C=C\CCCCCCCC(=O)OCCCCCCCC/C=C\C/C=C\CCC(=O)NC(CO)C(O)/C=C/CCCCCCCCCCCCCCCC. The maximum Gasteiger partial charge on any atom is 0.305 e. The molecule has 0 aliphatic rings. The number of carbonyl (C=O) groups is 2. The van der Waals surface area contributed by atoms with Crippen molar-refractivity contribution in [1.29, 1.82) is 0 Å². The van der Waals surface area contributed by atoms with Crippen molar-refractivity contribution in [1.82, 2.24) is 5.32 Å². The van der Waals surface area contributed by atoms with Gasteiger partial charge in [-0.25, -0.2) is 0 Å². The molecule has 0 spiro atoms. The fourth-order valence-corrected chi connectivity index (χ4v) is 7.48. The number of esters is 1. The first-order valence-corrected chi connectivity index (χ1v) is 26.1. The number of hydrogen-bond donors (Lipinski definition) is 3. The summed E-state index contributed by atoms with van der Waals surface area (Å²) in [6, 6.07) is -0.674. The summed E-state index contributed by atoms with van der Waals surface area (Å²) in [5, 5.41) is 23.0. The highest BCUT2D eigenvalue weighted by Gasteiger charge is 2.17. The zero-order valence-corrected chi connectivity index (χ0v) is 40.1. The van der Waals surface area contributed by atoms with Crippen molar-refractivity contribution >= 4 is 11.9 Å². The Morgan fingerprint density at radius 1 is 0.459 bits per heavy atom. The van der Waals surface area contributed by atoms with Crippen LogP contribution in [0, 0.1) is 0 Å². The van der Waals surface area contributed by atoms with Crippen LogP contribution >= 0.6 is 0 Å². The van der Waals surface area contributed by atoms with Crippen LogP contribution in [0.4, 0.5) is 0 Å². The Bertz CT molecular complexity index is 1080. The maximum atomic E-state index is 12.4. The molecule has 0 saturated heterocycles. The molecule has 0 aromatic heterocycles. The van der Waals surface area contributed by atoms with Crippen LogP contribution in [-0.2, 0) is 14.3 Å². The Morgan fingerprint density at radius 2 is 0.836 bits per heavy atom. The second-order valence-electron chi connectivity index (χ2n) is 17.5. The van der Waals surface area contributed by atoms with E-state index < -0.39 is 12.1 Å². The van der Waals surface area contributed by atoms with Gasteiger partial charge < -0.3 is 20.3 Å². The van der Waals surface area contributed by atoms with Crippen LogP contribution < -0.4 is 5.32 Å². The molecule has 3 N–H and O–H groups in total. The average molecular weight is 854 g/mol. The van der Waals surface area contributed by atoms with Crippen molar-refractivity contribution in [2.45, 2.75) is 264 Å². The fraction of sp³-hybridized carbons (Fsp3) is 0.782. The number of carbonyl (C=O) groups excluding carboxylic acids is 2. The molecule has 0 fully saturated rings. The number of hydrogen-bond acceptors (Lipinski definition) is 5. The van der Waals surface area contributed by atoms with Gasteiger partial charge in [-0.2, -0.15) is 0 Å². The third kappa shape index (κ3) is 46.9. The van der Waals surface area contributed by atoms with E-state index in [0.717, 1.165) is 64.2 Å². The second kappa shape index (κ2) is 50.2. The predicted molar refractivity (Wildman–Crippen MR) is 264 cm³/mol. The lowest BCUT2D eigenvalue weighted by Gasteiger charge is -2.19. The normalized spacial score (nSPS) is 13.2. The van der Waals surface area contributed by atoms with Gasteiger partial charge in [0.1, 0.15) is 0 Å². The summed E-state index contributed by atoms with van der Waals surface area (Å²) in [5.74, 6) is -0.184. The molecule has 6 heteroatoms. The van der Waals surface area contributed by atoms with E-state index in [2.05, 4.69) is 61.7 Å². The maximum absolute atomic E-state index is 12.4. The molecule has 0 saturated carbocycles. The van der Waals surface area contributed by atoms with Crippen molar-refractivity contribution in [3.8, 4) is 0 Å². The minimum Gasteiger partial charge on any atom is -0.466 e. The molecule has 354 valence electrons. The van der Waals surface area contributed by atoms with Crippen molar-refractivity contribution in [2.24, 2.45) is 0 Å². The van der Waals surface area contributed by atoms with E-state index in [1.165, 1.54) is 154 Å². The Labute approximate surface area is 378 Å². The first-order chi connectivity index (χ1) is 30.0. The van der Waals surface area contributed by atoms with Crippen LogP contribution in [0.15, 0.2) is 60.8 Å². The number of aliphatic hydroxyl groups is 2. The molecule has 1 amide bonds. The highest BCUT2D eigenvalue weighted by Crippen LogP contribution is 2.15. The molecule has 61 heavy (non-hydrogen) atoms. The van der Waals surface area contributed by atoms with E-state index in [4.69, 9.17) is 4.74 Å². The lowest BCUT2D eigenvalue weighted by molar-refractivity contribution is -0.143. The van der Waals surface area contributed by atoms with E-state index in [0.29, 0.717) is 25.9 Å². The number of unbranched alkanes of at least 4 members (excludes halogenated alkanes) is 28. The van der Waals surface area contributed by atoms with Crippen molar-refractivity contribution in [3.63, 3.8) is 0 Å². The zero-order chi connectivity index (χ0) is 44.4. The summed E-state index contributed by atoms with van der Waals surface area (Å²) in [6.45, 7) is 4.79. The number of amides is 1. The van der Waals surface area contributed by atoms with Crippen LogP contribution in [0.5, 0.6) is 0 Å². The standard InChI is InChI=1S/C55H99NO5/c1-3-5-7-9-11-13-15-17-19-21-23-27-31-35-39-43-47-53(58)52(51-57)56-54(59)48-44-40-36-32-28-24-22-26-30-34-38-42-46-50-61-55(60)49-45-41-37-33-29-25-20-18-16-14-12-10-8-6-4-2/h12,14,18,20,24,28,36,40,43,47,52-53,57-58H,3-11,13,15-17,19,21-23,25-27,29-35,37-39,41-42,44-46,48-51H2,1-2H3,(H,56,59)/b14-12-,20-18-,28-24-,40-36-,47-43+. The van der Waals surface area contributed by atoms with Gasteiger partial charge in [0.05, 0.1) is 25.4 Å². The highest BCUT2D eigenvalue weighted by atomic mass is 16.5. The third-order valence-corrected chi connectivity index (χ3v) is 11.5. The van der Waals surface area contributed by atoms with E-state index in [1.54, 1.807) is 6.08 Å². The van der Waals surface area contributed by atoms with E-state index in [1.807, 2.05) is 12.2 Å². The van der Waals surface area contributed by atoms with E-state index in [9.17, 15) is 19.8 Å². The largest absolute Gasteiger partial charge is 0.466 e. The van der Waals surface area contributed by atoms with Gasteiger partial charge in [0.25, 0.3) is 0 Å². The van der Waals surface area contributed by atoms with Crippen molar-refractivity contribution < 1.29 is 24.5 Å². The summed E-state index contributed by atoms with van der Waals surface area (Å²) in [4.78, 5) is 24.4. The van der Waals surface area contributed by atoms with Gasteiger partial charge >= 0.3 is 5.97 Å². The number of allylic oxidation sites excluding steroid dienone is 9. The van der Waals surface area contributed by atoms with Crippen LogP contribution in [0.3, 0.4) is 0 Å². The number of ether oxygens (including phenoxy) is 1. The first kappa shape index (κ1) is 58.6. The number of nitrogens with one attached hydrogen (secondary N) is 1. The number of aliphatic hydroxyl groups excluding tert-OH is 2. The Kier molecular flexibility index (Phi) is 48.2. The fourth-order valence-electron chi connectivity index (χ4n) is 7.48. The van der Waals surface area contributed by atoms with Gasteiger partial charge in [0.2, 0.25) is 5.91 Å². The van der Waals surface area contributed by atoms with Crippen LogP contribution in [0.1, 0.15) is 251 Å². The quantitative estimate of drug-likeness (QED) is 0.0322.